The van der Waals surface area contributed by atoms with Crippen LogP contribution in [0.25, 0.3) is 0 Å². The third kappa shape index (κ3) is 4.78. The third-order valence-electron chi connectivity index (χ3n) is 4.18. The summed E-state index contributed by atoms with van der Waals surface area (Å²) in [6, 6.07) is 18.5. The second kappa shape index (κ2) is 8.78. The van der Waals surface area contributed by atoms with Gasteiger partial charge in [-0.1, -0.05) is 30.3 Å². The minimum Gasteiger partial charge on any atom is -0.370 e. The minimum atomic E-state index is 0.107. The van der Waals surface area contributed by atoms with Gasteiger partial charge in [-0.2, -0.15) is 0 Å². The maximum atomic E-state index is 12.3. The van der Waals surface area contributed by atoms with Crippen molar-refractivity contribution in [2.24, 2.45) is 0 Å². The summed E-state index contributed by atoms with van der Waals surface area (Å²) in [5, 5.41) is 3.10. The molecule has 126 valence electrons. The van der Waals surface area contributed by atoms with Gasteiger partial charge in [-0.25, -0.2) is 0 Å². The number of hydrogen-bond donors (Lipinski definition) is 1. The molecule has 1 saturated heterocycles. The Bertz CT molecular complexity index is 654. The number of hydrogen-bond acceptors (Lipinski definition) is 3. The largest absolute Gasteiger partial charge is 0.370 e. The van der Waals surface area contributed by atoms with Crippen LogP contribution >= 0.6 is 11.8 Å². The number of benzene rings is 2. The van der Waals surface area contributed by atoms with Gasteiger partial charge in [0.2, 0.25) is 5.91 Å². The predicted molar refractivity (Wildman–Crippen MR) is 103 cm³/mol. The molecule has 1 aliphatic heterocycles. The van der Waals surface area contributed by atoms with E-state index in [1.807, 2.05) is 36.4 Å². The SMILES string of the molecule is O=C(CCCSc1ccccc1)Nc1ccccc1N1CCCC1. The zero-order valence-electron chi connectivity index (χ0n) is 13.9. The summed E-state index contributed by atoms with van der Waals surface area (Å²) in [4.78, 5) is 15.9. The monoisotopic (exact) mass is 340 g/mol. The molecule has 1 aliphatic rings. The van der Waals surface area contributed by atoms with Gasteiger partial charge in [-0.05, 0) is 49.3 Å². The molecule has 4 heteroatoms. The number of carbonyl (C=O) groups excluding carboxylic acids is 1. The van der Waals surface area contributed by atoms with Crippen LogP contribution in [0.4, 0.5) is 11.4 Å². The van der Waals surface area contributed by atoms with Gasteiger partial charge < -0.3 is 10.2 Å². The molecule has 0 saturated carbocycles. The first-order chi connectivity index (χ1) is 11.8. The van der Waals surface area contributed by atoms with Gasteiger partial charge in [0.15, 0.2) is 0 Å². The van der Waals surface area contributed by atoms with E-state index < -0.39 is 0 Å². The normalized spacial score (nSPS) is 13.9. The van der Waals surface area contributed by atoms with Crippen LogP contribution in [0.15, 0.2) is 59.5 Å². The molecule has 3 nitrogen and oxygen atoms in total. The summed E-state index contributed by atoms with van der Waals surface area (Å²) < 4.78 is 0. The van der Waals surface area contributed by atoms with Crippen LogP contribution in [0.2, 0.25) is 0 Å². The van der Waals surface area contributed by atoms with E-state index in [0.29, 0.717) is 6.42 Å². The lowest BCUT2D eigenvalue weighted by Gasteiger charge is -2.21. The Morgan fingerprint density at radius 1 is 1.00 bits per heavy atom. The van der Waals surface area contributed by atoms with Crippen LogP contribution in [0.1, 0.15) is 25.7 Å². The van der Waals surface area contributed by atoms with Gasteiger partial charge in [0.25, 0.3) is 0 Å². The number of amides is 1. The van der Waals surface area contributed by atoms with Gasteiger partial charge in [0.1, 0.15) is 0 Å². The van der Waals surface area contributed by atoms with E-state index in [2.05, 4.69) is 28.4 Å². The maximum Gasteiger partial charge on any atom is 0.224 e. The van der Waals surface area contributed by atoms with Crippen molar-refractivity contribution in [1.29, 1.82) is 0 Å². The molecule has 0 spiro atoms. The molecule has 0 radical (unpaired) electrons. The van der Waals surface area contributed by atoms with E-state index in [1.54, 1.807) is 11.8 Å². The summed E-state index contributed by atoms with van der Waals surface area (Å²) in [7, 11) is 0. The highest BCUT2D eigenvalue weighted by Crippen LogP contribution is 2.28. The highest BCUT2D eigenvalue weighted by Gasteiger charge is 2.16. The fraction of sp³-hybridized carbons (Fsp3) is 0.350. The number of nitrogens with zero attached hydrogens (tertiary/aromatic N) is 1. The first-order valence-corrected chi connectivity index (χ1v) is 9.63. The van der Waals surface area contributed by atoms with E-state index in [4.69, 9.17) is 0 Å². The van der Waals surface area contributed by atoms with Crippen molar-refractivity contribution in [3.05, 3.63) is 54.6 Å². The van der Waals surface area contributed by atoms with Crippen molar-refractivity contribution in [3.63, 3.8) is 0 Å². The predicted octanol–water partition coefficient (Wildman–Crippen LogP) is 4.80. The number of rotatable bonds is 7. The molecule has 3 rings (SSSR count). The molecule has 0 atom stereocenters. The standard InChI is InChI=1S/C20H24N2OS/c23-20(13-8-16-24-17-9-2-1-3-10-17)21-18-11-4-5-12-19(18)22-14-6-7-15-22/h1-5,9-12H,6-8,13-16H2,(H,21,23). The minimum absolute atomic E-state index is 0.107. The van der Waals surface area contributed by atoms with Crippen molar-refractivity contribution in [1.82, 2.24) is 0 Å². The van der Waals surface area contributed by atoms with E-state index in [9.17, 15) is 4.79 Å². The van der Waals surface area contributed by atoms with Gasteiger partial charge in [-0.15, -0.1) is 11.8 Å². The van der Waals surface area contributed by atoms with Crippen molar-refractivity contribution in [2.75, 3.05) is 29.1 Å². The van der Waals surface area contributed by atoms with Crippen LogP contribution < -0.4 is 10.2 Å². The lowest BCUT2D eigenvalue weighted by Crippen LogP contribution is -2.21. The molecule has 0 aliphatic carbocycles. The van der Waals surface area contributed by atoms with E-state index in [0.717, 1.165) is 36.6 Å². The first kappa shape index (κ1) is 16.9. The Balaban J connectivity index is 1.46. The summed E-state index contributed by atoms with van der Waals surface area (Å²) in [5.41, 5.74) is 2.10. The molecule has 24 heavy (non-hydrogen) atoms. The fourth-order valence-corrected chi connectivity index (χ4v) is 3.84. The van der Waals surface area contributed by atoms with Crippen LogP contribution in [-0.2, 0) is 4.79 Å². The molecule has 0 bridgehead atoms. The van der Waals surface area contributed by atoms with Crippen LogP contribution in [0.3, 0.4) is 0 Å². The number of nitrogens with one attached hydrogen (secondary N) is 1. The average Bonchev–Trinajstić information content (AvgIpc) is 3.15. The second-order valence-electron chi connectivity index (χ2n) is 6.02. The maximum absolute atomic E-state index is 12.3. The van der Waals surface area contributed by atoms with E-state index in [1.165, 1.54) is 17.7 Å². The van der Waals surface area contributed by atoms with E-state index >= 15 is 0 Å². The molecule has 1 amide bonds. The van der Waals surface area contributed by atoms with Gasteiger partial charge in [0, 0.05) is 24.4 Å². The Hall–Kier alpha value is -1.94. The van der Waals surface area contributed by atoms with Crippen molar-refractivity contribution >= 4 is 29.0 Å². The van der Waals surface area contributed by atoms with Gasteiger partial charge in [0.05, 0.1) is 11.4 Å². The second-order valence-corrected chi connectivity index (χ2v) is 7.19. The number of anilines is 2. The zero-order valence-corrected chi connectivity index (χ0v) is 14.7. The number of thioether (sulfide) groups is 1. The molecule has 0 unspecified atom stereocenters. The fourth-order valence-electron chi connectivity index (χ4n) is 2.97. The Morgan fingerprint density at radius 3 is 2.50 bits per heavy atom. The molecule has 1 fully saturated rings. The quantitative estimate of drug-likeness (QED) is 0.580. The summed E-state index contributed by atoms with van der Waals surface area (Å²) in [6.45, 7) is 2.17. The molecule has 1 N–H and O–H groups in total. The molecule has 2 aromatic carbocycles. The lowest BCUT2D eigenvalue weighted by atomic mass is 10.2. The first-order valence-electron chi connectivity index (χ1n) is 8.64. The highest BCUT2D eigenvalue weighted by atomic mass is 32.2. The number of carbonyl (C=O) groups is 1. The molecular formula is C20H24N2OS. The van der Waals surface area contributed by atoms with E-state index in [-0.39, 0.29) is 5.91 Å². The lowest BCUT2D eigenvalue weighted by molar-refractivity contribution is -0.116. The Kier molecular flexibility index (Phi) is 6.19. The summed E-state index contributed by atoms with van der Waals surface area (Å²) >= 11 is 1.80. The molecule has 2 aromatic rings. The average molecular weight is 340 g/mol. The van der Waals surface area contributed by atoms with Gasteiger partial charge >= 0.3 is 0 Å². The van der Waals surface area contributed by atoms with Crippen LogP contribution in [-0.4, -0.2) is 24.7 Å². The number of para-hydroxylation sites is 2. The van der Waals surface area contributed by atoms with Crippen molar-refractivity contribution in [2.45, 2.75) is 30.6 Å². The van der Waals surface area contributed by atoms with Crippen molar-refractivity contribution < 1.29 is 4.79 Å². The van der Waals surface area contributed by atoms with Crippen molar-refractivity contribution in [3.8, 4) is 0 Å². The molecule has 0 aromatic heterocycles. The summed E-state index contributed by atoms with van der Waals surface area (Å²) in [5.74, 6) is 1.07. The van der Waals surface area contributed by atoms with Gasteiger partial charge in [-0.3, -0.25) is 4.79 Å². The molecule has 1 heterocycles. The molecular weight excluding hydrogens is 316 g/mol. The topological polar surface area (TPSA) is 32.3 Å². The summed E-state index contributed by atoms with van der Waals surface area (Å²) in [6.07, 6.45) is 3.92. The smallest absolute Gasteiger partial charge is 0.224 e. The zero-order chi connectivity index (χ0) is 16.6. The van der Waals surface area contributed by atoms with Crippen LogP contribution in [0.5, 0.6) is 0 Å². The Morgan fingerprint density at radius 2 is 1.71 bits per heavy atom. The third-order valence-corrected chi connectivity index (χ3v) is 5.28. The Labute approximate surface area is 148 Å². The highest BCUT2D eigenvalue weighted by molar-refractivity contribution is 7.99. The van der Waals surface area contributed by atoms with Crippen LogP contribution in [0, 0.1) is 0 Å².